The lowest BCUT2D eigenvalue weighted by Crippen LogP contribution is -2.36. The van der Waals surface area contributed by atoms with Gasteiger partial charge in [-0.1, -0.05) is 62.6 Å². The molecule has 1 unspecified atom stereocenters. The van der Waals surface area contributed by atoms with Crippen LogP contribution >= 0.6 is 0 Å². The van der Waals surface area contributed by atoms with Gasteiger partial charge in [-0.3, -0.25) is 11.3 Å². The molecule has 1 fully saturated rings. The Morgan fingerprint density at radius 3 is 2.44 bits per heavy atom. The molecule has 27 heavy (non-hydrogen) atoms. The number of nitrogens with two attached hydrogens (primary N) is 2. The normalized spacial score (nSPS) is 19.3. The summed E-state index contributed by atoms with van der Waals surface area (Å²) in [6.07, 6.45) is 16.6. The molecule has 0 aromatic heterocycles. The SMILES string of the molecule is C=C(/C=C1/C=C(C)C=CC1)CNC.CCC(N)CNN.OC1CCCCC1. The summed E-state index contributed by atoms with van der Waals surface area (Å²) < 4.78 is 0. The molecule has 0 saturated heterocycles. The Morgan fingerprint density at radius 1 is 1.37 bits per heavy atom. The first-order valence-electron chi connectivity index (χ1n) is 10.2. The lowest BCUT2D eigenvalue weighted by Gasteiger charge is -2.14. The summed E-state index contributed by atoms with van der Waals surface area (Å²) in [6.45, 7) is 9.68. The highest BCUT2D eigenvalue weighted by Crippen LogP contribution is 2.17. The minimum absolute atomic E-state index is 0.0359. The van der Waals surface area contributed by atoms with Crippen LogP contribution in [0.4, 0.5) is 0 Å². The van der Waals surface area contributed by atoms with Crippen LogP contribution in [0.5, 0.6) is 0 Å². The first-order valence-corrected chi connectivity index (χ1v) is 10.2. The van der Waals surface area contributed by atoms with Crippen molar-refractivity contribution in [3.63, 3.8) is 0 Å². The van der Waals surface area contributed by atoms with Crippen molar-refractivity contribution in [3.05, 3.63) is 47.6 Å². The predicted molar refractivity (Wildman–Crippen MR) is 118 cm³/mol. The van der Waals surface area contributed by atoms with E-state index in [1.165, 1.54) is 30.4 Å². The smallest absolute Gasteiger partial charge is 0.0540 e. The van der Waals surface area contributed by atoms with Gasteiger partial charge in [0.15, 0.2) is 0 Å². The number of hydrogen-bond acceptors (Lipinski definition) is 5. The summed E-state index contributed by atoms with van der Waals surface area (Å²) in [5.74, 6) is 4.97. The summed E-state index contributed by atoms with van der Waals surface area (Å²) in [7, 11) is 1.94. The van der Waals surface area contributed by atoms with Gasteiger partial charge in [0.05, 0.1) is 6.10 Å². The third kappa shape index (κ3) is 15.5. The average Bonchev–Trinajstić information content (AvgIpc) is 2.64. The first kappa shape index (κ1) is 25.8. The minimum atomic E-state index is 0.0359. The van der Waals surface area contributed by atoms with Crippen molar-refractivity contribution in [1.82, 2.24) is 10.7 Å². The van der Waals surface area contributed by atoms with Crippen LogP contribution in [-0.4, -0.2) is 37.4 Å². The molecule has 0 spiro atoms. The third-order valence-corrected chi connectivity index (χ3v) is 4.42. The summed E-state index contributed by atoms with van der Waals surface area (Å²) in [4.78, 5) is 0. The van der Waals surface area contributed by atoms with Gasteiger partial charge in [-0.15, -0.1) is 0 Å². The maximum Gasteiger partial charge on any atom is 0.0540 e. The Hall–Kier alpha value is -1.24. The number of rotatable bonds is 6. The van der Waals surface area contributed by atoms with Gasteiger partial charge in [-0.2, -0.15) is 0 Å². The van der Waals surface area contributed by atoms with Crippen molar-refractivity contribution in [1.29, 1.82) is 0 Å². The van der Waals surface area contributed by atoms with Gasteiger partial charge in [-0.05, 0) is 50.8 Å². The van der Waals surface area contributed by atoms with Gasteiger partial charge in [0.2, 0.25) is 0 Å². The first-order chi connectivity index (χ1) is 12.9. The van der Waals surface area contributed by atoms with Crippen molar-refractivity contribution in [2.24, 2.45) is 11.6 Å². The maximum absolute atomic E-state index is 8.91. The fourth-order valence-corrected chi connectivity index (χ4v) is 2.80. The maximum atomic E-state index is 8.91. The standard InChI is InChI=1S/C12H17N.C6H12O.C4H13N3/c1-10-5-4-6-12(7-10)8-11(2)9-13-3;7-6-4-2-1-3-5-6;1-2-4(5)3-7-6/h4-5,7-8,13H,2,6,9H2,1,3H3;6-7H,1-5H2;4,7H,2-3,5-6H2,1H3/b12-8+;;. The van der Waals surface area contributed by atoms with E-state index in [-0.39, 0.29) is 12.1 Å². The summed E-state index contributed by atoms with van der Waals surface area (Å²) >= 11 is 0. The van der Waals surface area contributed by atoms with Crippen molar-refractivity contribution in [2.75, 3.05) is 20.1 Å². The van der Waals surface area contributed by atoms with E-state index >= 15 is 0 Å². The lowest BCUT2D eigenvalue weighted by atomic mass is 9.98. The van der Waals surface area contributed by atoms with Gasteiger partial charge in [-0.25, -0.2) is 0 Å². The highest BCUT2D eigenvalue weighted by molar-refractivity contribution is 5.39. The molecule has 7 N–H and O–H groups in total. The number of aliphatic hydroxyl groups is 1. The van der Waals surface area contributed by atoms with E-state index in [9.17, 15) is 0 Å². The van der Waals surface area contributed by atoms with E-state index in [4.69, 9.17) is 16.7 Å². The van der Waals surface area contributed by atoms with Crippen LogP contribution < -0.4 is 22.3 Å². The van der Waals surface area contributed by atoms with E-state index in [1.54, 1.807) is 0 Å². The third-order valence-electron chi connectivity index (χ3n) is 4.42. The average molecular weight is 379 g/mol. The van der Waals surface area contributed by atoms with Crippen LogP contribution in [0.15, 0.2) is 47.6 Å². The Bertz CT molecular complexity index is 474. The van der Waals surface area contributed by atoms with E-state index in [1.807, 2.05) is 14.0 Å². The largest absolute Gasteiger partial charge is 0.393 e. The molecule has 156 valence electrons. The molecule has 5 nitrogen and oxygen atoms in total. The van der Waals surface area contributed by atoms with E-state index < -0.39 is 0 Å². The monoisotopic (exact) mass is 378 g/mol. The van der Waals surface area contributed by atoms with Gasteiger partial charge < -0.3 is 16.2 Å². The second-order valence-corrected chi connectivity index (χ2v) is 7.27. The lowest BCUT2D eigenvalue weighted by molar-refractivity contribution is 0.130. The quantitative estimate of drug-likeness (QED) is 0.361. The number of hydrazine groups is 1. The number of likely N-dealkylation sites (N-methyl/N-ethyl adjacent to an activating group) is 1. The topological polar surface area (TPSA) is 96.3 Å². The molecule has 2 aliphatic rings. The van der Waals surface area contributed by atoms with Gasteiger partial charge in [0.25, 0.3) is 0 Å². The van der Waals surface area contributed by atoms with Crippen molar-refractivity contribution < 1.29 is 5.11 Å². The molecule has 5 heteroatoms. The highest BCUT2D eigenvalue weighted by atomic mass is 16.3. The van der Waals surface area contributed by atoms with Gasteiger partial charge in [0.1, 0.15) is 0 Å². The second-order valence-electron chi connectivity index (χ2n) is 7.27. The van der Waals surface area contributed by atoms with Crippen molar-refractivity contribution in [3.8, 4) is 0 Å². The molecule has 0 aromatic rings. The van der Waals surface area contributed by atoms with Crippen LogP contribution in [0.2, 0.25) is 0 Å². The Balaban J connectivity index is 0.000000410. The zero-order valence-corrected chi connectivity index (χ0v) is 17.6. The molecular weight excluding hydrogens is 336 g/mol. The van der Waals surface area contributed by atoms with Crippen LogP contribution in [-0.2, 0) is 0 Å². The molecule has 2 rings (SSSR count). The molecule has 0 bridgehead atoms. The number of aliphatic hydroxyl groups excluding tert-OH is 1. The Morgan fingerprint density at radius 2 is 2.04 bits per heavy atom. The highest BCUT2D eigenvalue weighted by Gasteiger charge is 2.07. The number of allylic oxidation sites excluding steroid dienone is 5. The zero-order chi connectivity index (χ0) is 20.5. The van der Waals surface area contributed by atoms with E-state index in [2.05, 4.69) is 48.5 Å². The van der Waals surface area contributed by atoms with E-state index in [0.717, 1.165) is 37.8 Å². The molecular formula is C22H42N4O. The molecule has 2 aliphatic carbocycles. The summed E-state index contributed by atoms with van der Waals surface area (Å²) in [6, 6.07) is 0.213. The van der Waals surface area contributed by atoms with Crippen molar-refractivity contribution >= 4 is 0 Å². The molecule has 0 amide bonds. The van der Waals surface area contributed by atoms with Gasteiger partial charge >= 0.3 is 0 Å². The fourth-order valence-electron chi connectivity index (χ4n) is 2.80. The molecule has 0 aliphatic heterocycles. The Kier molecular flexibility index (Phi) is 16.1. The van der Waals surface area contributed by atoms with Gasteiger partial charge in [0, 0.05) is 19.1 Å². The molecule has 0 heterocycles. The fraction of sp³-hybridized carbons (Fsp3) is 0.636. The van der Waals surface area contributed by atoms with E-state index in [0.29, 0.717) is 6.54 Å². The van der Waals surface area contributed by atoms with Crippen LogP contribution in [0.3, 0.4) is 0 Å². The number of nitrogens with one attached hydrogen (secondary N) is 2. The van der Waals surface area contributed by atoms with Crippen LogP contribution in [0, 0.1) is 0 Å². The molecule has 1 atom stereocenters. The summed E-state index contributed by atoms with van der Waals surface area (Å²) in [5.41, 5.74) is 11.7. The van der Waals surface area contributed by atoms with Crippen LogP contribution in [0.25, 0.3) is 0 Å². The predicted octanol–water partition coefficient (Wildman–Crippen LogP) is 3.09. The Labute approximate surface area is 166 Å². The summed E-state index contributed by atoms with van der Waals surface area (Å²) in [5, 5.41) is 12.0. The van der Waals surface area contributed by atoms with Crippen molar-refractivity contribution in [2.45, 2.75) is 70.9 Å². The number of hydrogen-bond donors (Lipinski definition) is 5. The molecule has 0 radical (unpaired) electrons. The second kappa shape index (κ2) is 16.9. The minimum Gasteiger partial charge on any atom is -0.393 e. The zero-order valence-electron chi connectivity index (χ0n) is 17.6. The molecule has 1 saturated carbocycles. The van der Waals surface area contributed by atoms with Crippen LogP contribution in [0.1, 0.15) is 58.8 Å². The molecule has 0 aromatic carbocycles.